The minimum Gasteiger partial charge on any atom is -0.481 e. The molecule has 4 atom stereocenters. The van der Waals surface area contributed by atoms with E-state index in [9.17, 15) is 29.4 Å². The van der Waals surface area contributed by atoms with E-state index < -0.39 is 22.8 Å². The highest BCUT2D eigenvalue weighted by atomic mass is 32.1. The van der Waals surface area contributed by atoms with Crippen molar-refractivity contribution in [2.45, 2.75) is 140 Å². The Balaban J connectivity index is 1.27. The van der Waals surface area contributed by atoms with Gasteiger partial charge in [0.25, 0.3) is 0 Å². The molecule has 2 heterocycles. The van der Waals surface area contributed by atoms with Crippen LogP contribution in [0.1, 0.15) is 173 Å². The number of benzene rings is 2. The highest BCUT2D eigenvalue weighted by molar-refractivity contribution is 7.10. The number of thiazole rings is 2. The highest BCUT2D eigenvalue weighted by Crippen LogP contribution is 2.67. The molecule has 4 aromatic rings. The fourth-order valence-electron chi connectivity index (χ4n) is 9.31. The van der Waals surface area contributed by atoms with Gasteiger partial charge in [-0.3, -0.25) is 19.2 Å². The van der Waals surface area contributed by atoms with E-state index in [0.29, 0.717) is 48.9 Å². The zero-order valence-electron chi connectivity index (χ0n) is 34.0. The largest absolute Gasteiger partial charge is 0.481 e. The van der Waals surface area contributed by atoms with Gasteiger partial charge < -0.3 is 20.8 Å². The van der Waals surface area contributed by atoms with Gasteiger partial charge in [-0.15, -0.1) is 22.7 Å². The summed E-state index contributed by atoms with van der Waals surface area (Å²) in [5, 5.41) is 32.7. The van der Waals surface area contributed by atoms with Crippen molar-refractivity contribution in [1.29, 1.82) is 0 Å². The van der Waals surface area contributed by atoms with Crippen molar-refractivity contribution in [3.63, 3.8) is 0 Å². The number of carboxylic acids is 2. The minimum atomic E-state index is -1.13. The molecule has 308 valence electrons. The van der Waals surface area contributed by atoms with E-state index in [1.54, 1.807) is 22.7 Å². The predicted molar refractivity (Wildman–Crippen MR) is 229 cm³/mol. The Hall–Kier alpha value is -4.42. The summed E-state index contributed by atoms with van der Waals surface area (Å²) in [5.41, 5.74) is 3.36. The van der Waals surface area contributed by atoms with E-state index in [1.807, 2.05) is 64.1 Å². The van der Waals surface area contributed by atoms with Crippen LogP contribution >= 0.6 is 22.7 Å². The van der Waals surface area contributed by atoms with E-state index >= 15 is 0 Å². The average Bonchev–Trinajstić information content (AvgIpc) is 3.81. The van der Waals surface area contributed by atoms with Crippen LogP contribution < -0.4 is 10.6 Å². The number of nitrogens with one attached hydrogen (secondary N) is 2. The lowest BCUT2D eigenvalue weighted by Crippen LogP contribution is -2.40. The van der Waals surface area contributed by atoms with Crippen LogP contribution in [0.4, 0.5) is 11.4 Å². The quantitative estimate of drug-likeness (QED) is 0.0772. The molecule has 4 N–H and O–H groups in total. The molecule has 2 aromatic carbocycles. The summed E-state index contributed by atoms with van der Waals surface area (Å²) in [6, 6.07) is 15.8. The third-order valence-electron chi connectivity index (χ3n) is 14.0. The normalized spacial score (nSPS) is 21.0. The average molecular weight is 825 g/mol. The van der Waals surface area contributed by atoms with E-state index in [1.165, 1.54) is 12.8 Å². The van der Waals surface area contributed by atoms with Gasteiger partial charge in [0.15, 0.2) is 0 Å². The molecule has 3 fully saturated rings. The Morgan fingerprint density at radius 2 is 1.00 bits per heavy atom. The SMILES string of the molecule is CCC(CC)(CC(=O)Nc1cccc(C2C(c3cccc(NC(=O)CC(CC)(CC)C(=O)O)c3)C(c3nc(C4CCC4)cs3)C2c2nc(C3CCC3)cs2)c1)C(=O)O. The van der Waals surface area contributed by atoms with Gasteiger partial charge in [0.2, 0.25) is 11.8 Å². The Morgan fingerprint density at radius 3 is 1.31 bits per heavy atom. The van der Waals surface area contributed by atoms with Crippen LogP contribution in [0.15, 0.2) is 59.3 Å². The van der Waals surface area contributed by atoms with Crippen LogP contribution in [-0.2, 0) is 19.2 Å². The summed E-state index contributed by atoms with van der Waals surface area (Å²) in [5.74, 6) is -1.73. The zero-order chi connectivity index (χ0) is 41.2. The van der Waals surface area contributed by atoms with Gasteiger partial charge in [0.1, 0.15) is 0 Å². The van der Waals surface area contributed by atoms with E-state index in [-0.39, 0.29) is 48.3 Å². The molecule has 10 nitrogen and oxygen atoms in total. The van der Waals surface area contributed by atoms with Crippen LogP contribution in [0.3, 0.4) is 0 Å². The lowest BCUT2D eigenvalue weighted by Gasteiger charge is -2.51. The molecule has 3 saturated carbocycles. The number of aromatic nitrogens is 2. The van der Waals surface area contributed by atoms with Crippen molar-refractivity contribution < 1.29 is 29.4 Å². The lowest BCUT2D eigenvalue weighted by molar-refractivity contribution is -0.152. The summed E-state index contributed by atoms with van der Waals surface area (Å²) in [6.07, 6.45) is 8.26. The third-order valence-corrected chi connectivity index (χ3v) is 15.9. The maximum atomic E-state index is 13.4. The van der Waals surface area contributed by atoms with Gasteiger partial charge in [0, 0.05) is 70.5 Å². The summed E-state index contributed by atoms with van der Waals surface area (Å²) in [4.78, 5) is 62.0. The number of amides is 2. The topological polar surface area (TPSA) is 159 Å². The molecule has 58 heavy (non-hydrogen) atoms. The number of hydrogen-bond acceptors (Lipinski definition) is 8. The summed E-state index contributed by atoms with van der Waals surface area (Å²) in [6.45, 7) is 7.24. The highest BCUT2D eigenvalue weighted by Gasteiger charge is 2.55. The van der Waals surface area contributed by atoms with Crippen molar-refractivity contribution in [3.8, 4) is 0 Å². The first kappa shape index (κ1) is 41.7. The van der Waals surface area contributed by atoms with Crippen molar-refractivity contribution in [3.05, 3.63) is 91.8 Å². The molecule has 7 rings (SSSR count). The second kappa shape index (κ2) is 17.4. The predicted octanol–water partition coefficient (Wildman–Crippen LogP) is 11.0. The summed E-state index contributed by atoms with van der Waals surface area (Å²) < 4.78 is 0. The van der Waals surface area contributed by atoms with Gasteiger partial charge in [0.05, 0.1) is 32.2 Å². The monoisotopic (exact) mass is 824 g/mol. The first-order valence-electron chi connectivity index (χ1n) is 21.1. The Kier molecular flexibility index (Phi) is 12.5. The van der Waals surface area contributed by atoms with E-state index in [2.05, 4.69) is 33.5 Å². The van der Waals surface area contributed by atoms with Gasteiger partial charge in [-0.25, -0.2) is 9.97 Å². The number of carbonyl (C=O) groups excluding carboxylic acids is 2. The van der Waals surface area contributed by atoms with Gasteiger partial charge in [-0.05, 0) is 86.8 Å². The molecule has 3 aliphatic rings. The number of anilines is 2. The van der Waals surface area contributed by atoms with Gasteiger partial charge in [-0.1, -0.05) is 64.8 Å². The standard InChI is InChI=1S/C46H56N4O6S2/c1-5-45(6-2,43(53)54)23-35(51)47-31-19-11-17-29(21-31)37-38(30-18-12-20-32(22-30)48-36(52)24-46(7-3,8-4)44(55)56)40(42-50-34(26-58-42)28-15-10-16-28)39(37)41-49-33(25-57-41)27-13-9-14-27/h11-12,17-22,25-28,37-40H,5-10,13-16,23-24H2,1-4H3,(H,47,51)(H,48,52)(H,53,54)(H,55,56). The molecule has 0 aliphatic heterocycles. The van der Waals surface area contributed by atoms with Gasteiger partial charge >= 0.3 is 11.9 Å². The first-order chi connectivity index (χ1) is 27.9. The Morgan fingerprint density at radius 1 is 0.621 bits per heavy atom. The number of nitrogens with zero attached hydrogens (tertiary/aromatic N) is 2. The van der Waals surface area contributed by atoms with E-state index in [0.717, 1.165) is 58.2 Å². The van der Waals surface area contributed by atoms with E-state index in [4.69, 9.17) is 9.97 Å². The molecule has 0 spiro atoms. The molecular formula is C46H56N4O6S2. The molecule has 12 heteroatoms. The number of hydrogen-bond donors (Lipinski definition) is 4. The summed E-state index contributed by atoms with van der Waals surface area (Å²) >= 11 is 3.44. The molecule has 3 aliphatic carbocycles. The maximum absolute atomic E-state index is 13.4. The van der Waals surface area contributed by atoms with Crippen molar-refractivity contribution in [2.24, 2.45) is 10.8 Å². The number of aliphatic carboxylic acids is 2. The maximum Gasteiger partial charge on any atom is 0.310 e. The Bertz CT molecular complexity index is 1980. The van der Waals surface area contributed by atoms with Crippen LogP contribution in [0, 0.1) is 10.8 Å². The minimum absolute atomic E-state index is 0.00134. The molecule has 0 bridgehead atoms. The van der Waals surface area contributed by atoms with Crippen LogP contribution in [0.2, 0.25) is 0 Å². The first-order valence-corrected chi connectivity index (χ1v) is 22.9. The zero-order valence-corrected chi connectivity index (χ0v) is 35.6. The Labute approximate surface area is 349 Å². The molecule has 2 amide bonds. The third kappa shape index (κ3) is 8.11. The smallest absolute Gasteiger partial charge is 0.310 e. The van der Waals surface area contributed by atoms with Crippen molar-refractivity contribution >= 4 is 57.8 Å². The molecular weight excluding hydrogens is 769 g/mol. The fraction of sp³-hybridized carbons (Fsp3) is 0.522. The molecule has 0 saturated heterocycles. The number of carbonyl (C=O) groups is 4. The molecule has 4 unspecified atom stereocenters. The van der Waals surface area contributed by atoms with Crippen molar-refractivity contribution in [2.75, 3.05) is 10.6 Å². The second-order valence-electron chi connectivity index (χ2n) is 16.9. The van der Waals surface area contributed by atoms with Crippen molar-refractivity contribution in [1.82, 2.24) is 9.97 Å². The lowest BCUT2D eigenvalue weighted by atomic mass is 9.52. The molecule has 2 aromatic heterocycles. The number of rotatable bonds is 18. The summed E-state index contributed by atoms with van der Waals surface area (Å²) in [7, 11) is 0. The van der Waals surface area contributed by atoms with Gasteiger partial charge in [-0.2, -0.15) is 0 Å². The number of carboxylic acid groups (broad SMARTS) is 2. The second-order valence-corrected chi connectivity index (χ2v) is 18.6. The van der Waals surface area contributed by atoms with Crippen LogP contribution in [0.5, 0.6) is 0 Å². The van der Waals surface area contributed by atoms with Crippen LogP contribution in [0.25, 0.3) is 0 Å². The van der Waals surface area contributed by atoms with Crippen LogP contribution in [-0.4, -0.2) is 43.9 Å². The molecule has 0 radical (unpaired) electrons. The fourth-order valence-corrected chi connectivity index (χ4v) is 11.5.